The fourth-order valence-electron chi connectivity index (χ4n) is 3.79. The molecule has 1 aliphatic heterocycles. The number of halogens is 1. The Labute approximate surface area is 173 Å². The van der Waals surface area contributed by atoms with Crippen molar-refractivity contribution in [2.24, 2.45) is 10.9 Å². The lowest BCUT2D eigenvalue weighted by Gasteiger charge is -2.22. The van der Waals surface area contributed by atoms with Crippen LogP contribution in [0, 0.1) is 5.92 Å². The SMILES string of the molecule is CN=C(NCC1CCCC1O)NC1CCN(c2cccc(OC)c2)C1.I. The zero-order chi connectivity index (χ0) is 17.6. The summed E-state index contributed by atoms with van der Waals surface area (Å²) in [5.41, 5.74) is 1.20. The van der Waals surface area contributed by atoms with Gasteiger partial charge in [-0.3, -0.25) is 4.99 Å². The zero-order valence-electron chi connectivity index (χ0n) is 15.6. The van der Waals surface area contributed by atoms with Crippen LogP contribution in [0.25, 0.3) is 0 Å². The van der Waals surface area contributed by atoms with Crippen molar-refractivity contribution in [3.8, 4) is 5.75 Å². The Bertz CT molecular complexity index is 599. The topological polar surface area (TPSA) is 69.1 Å². The molecule has 0 amide bonds. The second kappa shape index (κ2) is 10.2. The van der Waals surface area contributed by atoms with E-state index in [1.165, 1.54) is 5.69 Å². The first-order valence-corrected chi connectivity index (χ1v) is 9.24. The van der Waals surface area contributed by atoms with Crippen molar-refractivity contribution in [2.75, 3.05) is 38.7 Å². The molecule has 0 bridgehead atoms. The molecule has 2 aliphatic rings. The third-order valence-electron chi connectivity index (χ3n) is 5.32. The maximum atomic E-state index is 9.95. The Morgan fingerprint density at radius 2 is 2.19 bits per heavy atom. The third-order valence-corrected chi connectivity index (χ3v) is 5.32. The predicted octanol–water partition coefficient (Wildman–Crippen LogP) is 2.22. The number of nitrogens with one attached hydrogen (secondary N) is 2. The number of rotatable bonds is 5. The van der Waals surface area contributed by atoms with Crippen LogP contribution in [0.3, 0.4) is 0 Å². The second-order valence-corrected chi connectivity index (χ2v) is 6.99. The Morgan fingerprint density at radius 3 is 2.88 bits per heavy atom. The minimum absolute atomic E-state index is 0. The van der Waals surface area contributed by atoms with Gasteiger partial charge in [-0.15, -0.1) is 24.0 Å². The summed E-state index contributed by atoms with van der Waals surface area (Å²) in [6.45, 7) is 2.75. The Balaban J connectivity index is 0.00000243. The van der Waals surface area contributed by atoms with Crippen LogP contribution >= 0.6 is 24.0 Å². The highest BCUT2D eigenvalue weighted by molar-refractivity contribution is 14.0. The maximum absolute atomic E-state index is 9.95. The summed E-state index contributed by atoms with van der Waals surface area (Å²) in [6, 6.07) is 8.57. The quantitative estimate of drug-likeness (QED) is 0.347. The van der Waals surface area contributed by atoms with Gasteiger partial charge >= 0.3 is 0 Å². The Hall–Kier alpha value is -1.22. The van der Waals surface area contributed by atoms with E-state index in [9.17, 15) is 5.11 Å². The van der Waals surface area contributed by atoms with Crippen LogP contribution in [0.15, 0.2) is 29.3 Å². The summed E-state index contributed by atoms with van der Waals surface area (Å²) in [4.78, 5) is 6.71. The maximum Gasteiger partial charge on any atom is 0.191 e. The lowest BCUT2D eigenvalue weighted by Crippen LogP contribution is -2.46. The first-order chi connectivity index (χ1) is 12.2. The van der Waals surface area contributed by atoms with Crippen molar-refractivity contribution in [1.82, 2.24) is 10.6 Å². The highest BCUT2D eigenvalue weighted by Crippen LogP contribution is 2.25. The van der Waals surface area contributed by atoms with E-state index in [1.807, 2.05) is 12.1 Å². The minimum atomic E-state index is -0.166. The van der Waals surface area contributed by atoms with E-state index in [-0.39, 0.29) is 30.1 Å². The van der Waals surface area contributed by atoms with Gasteiger partial charge in [0.1, 0.15) is 5.75 Å². The number of aliphatic imine (C=N–C) groups is 1. The van der Waals surface area contributed by atoms with E-state index in [0.717, 1.165) is 57.0 Å². The number of guanidine groups is 1. The first-order valence-electron chi connectivity index (χ1n) is 9.24. The fraction of sp³-hybridized carbons (Fsp3) is 0.632. The molecule has 1 saturated carbocycles. The highest BCUT2D eigenvalue weighted by Gasteiger charge is 2.26. The molecular weight excluding hydrogens is 443 g/mol. The summed E-state index contributed by atoms with van der Waals surface area (Å²) < 4.78 is 5.32. The molecule has 1 heterocycles. The highest BCUT2D eigenvalue weighted by atomic mass is 127. The molecule has 26 heavy (non-hydrogen) atoms. The summed E-state index contributed by atoms with van der Waals surface area (Å²) in [6.07, 6.45) is 4.05. The van der Waals surface area contributed by atoms with Crippen molar-refractivity contribution in [2.45, 2.75) is 37.8 Å². The van der Waals surface area contributed by atoms with E-state index in [0.29, 0.717) is 12.0 Å². The number of benzene rings is 1. The van der Waals surface area contributed by atoms with E-state index in [1.54, 1.807) is 14.2 Å². The molecule has 1 aliphatic carbocycles. The first kappa shape index (κ1) is 21.1. The number of nitrogens with zero attached hydrogens (tertiary/aromatic N) is 2. The van der Waals surface area contributed by atoms with Crippen LogP contribution in [0.5, 0.6) is 5.75 Å². The lowest BCUT2D eigenvalue weighted by molar-refractivity contribution is 0.134. The standard InChI is InChI=1S/C19H30N4O2.HI/c1-20-19(21-12-14-5-3-8-18(14)24)22-15-9-10-23(13-15)16-6-4-7-17(11-16)25-2;/h4,6-7,11,14-15,18,24H,3,5,8-10,12-13H2,1-2H3,(H2,20,21,22);1H. The van der Waals surface area contributed by atoms with Crippen LogP contribution < -0.4 is 20.3 Å². The smallest absolute Gasteiger partial charge is 0.191 e. The lowest BCUT2D eigenvalue weighted by atomic mass is 10.1. The van der Waals surface area contributed by atoms with Crippen LogP contribution in [-0.4, -0.2) is 57.0 Å². The van der Waals surface area contributed by atoms with Crippen molar-refractivity contribution in [3.05, 3.63) is 24.3 Å². The van der Waals surface area contributed by atoms with E-state index >= 15 is 0 Å². The van der Waals surface area contributed by atoms with Gasteiger partial charge in [0.15, 0.2) is 5.96 Å². The van der Waals surface area contributed by atoms with Crippen LogP contribution in [0.4, 0.5) is 5.69 Å². The molecule has 6 nitrogen and oxygen atoms in total. The largest absolute Gasteiger partial charge is 0.497 e. The Morgan fingerprint density at radius 1 is 1.35 bits per heavy atom. The molecular formula is C19H31IN4O2. The molecule has 0 radical (unpaired) electrons. The molecule has 1 saturated heterocycles. The van der Waals surface area contributed by atoms with Gasteiger partial charge in [-0.1, -0.05) is 12.5 Å². The van der Waals surface area contributed by atoms with Gasteiger partial charge < -0.3 is 25.4 Å². The molecule has 3 rings (SSSR count). The van der Waals surface area contributed by atoms with Crippen LogP contribution in [0.1, 0.15) is 25.7 Å². The van der Waals surface area contributed by atoms with E-state index in [4.69, 9.17) is 4.74 Å². The summed E-state index contributed by atoms with van der Waals surface area (Å²) >= 11 is 0. The van der Waals surface area contributed by atoms with Crippen LogP contribution in [0.2, 0.25) is 0 Å². The molecule has 3 N–H and O–H groups in total. The van der Waals surface area contributed by atoms with Gasteiger partial charge in [-0.05, 0) is 31.4 Å². The molecule has 146 valence electrons. The molecule has 1 aromatic rings. The van der Waals surface area contributed by atoms with Crippen molar-refractivity contribution >= 4 is 35.6 Å². The average Bonchev–Trinajstić information content (AvgIpc) is 3.27. The average molecular weight is 474 g/mol. The summed E-state index contributed by atoms with van der Waals surface area (Å²) in [5, 5.41) is 16.8. The molecule has 7 heteroatoms. The van der Waals surface area contributed by atoms with Crippen LogP contribution in [-0.2, 0) is 0 Å². The van der Waals surface area contributed by atoms with E-state index in [2.05, 4.69) is 32.7 Å². The predicted molar refractivity (Wildman–Crippen MR) is 117 cm³/mol. The summed E-state index contributed by atoms with van der Waals surface area (Å²) in [7, 11) is 3.50. The van der Waals surface area contributed by atoms with Crippen molar-refractivity contribution < 1.29 is 9.84 Å². The summed E-state index contributed by atoms with van der Waals surface area (Å²) in [5.74, 6) is 2.06. The molecule has 3 unspecified atom stereocenters. The number of aliphatic hydroxyl groups excluding tert-OH is 1. The number of anilines is 1. The Kier molecular flexibility index (Phi) is 8.27. The number of ether oxygens (including phenoxy) is 1. The normalized spacial score (nSPS) is 25.7. The van der Waals surface area contributed by atoms with Gasteiger partial charge in [0.25, 0.3) is 0 Å². The van der Waals surface area contributed by atoms with Gasteiger partial charge in [0.2, 0.25) is 0 Å². The molecule has 1 aromatic carbocycles. The molecule has 0 aromatic heterocycles. The van der Waals surface area contributed by atoms with E-state index < -0.39 is 0 Å². The third kappa shape index (κ3) is 5.39. The molecule has 2 fully saturated rings. The zero-order valence-corrected chi connectivity index (χ0v) is 18.0. The van der Waals surface area contributed by atoms with Crippen molar-refractivity contribution in [1.29, 1.82) is 0 Å². The molecule has 3 atom stereocenters. The number of methoxy groups -OCH3 is 1. The van der Waals surface area contributed by atoms with Gasteiger partial charge in [-0.25, -0.2) is 0 Å². The number of hydrogen-bond donors (Lipinski definition) is 3. The minimum Gasteiger partial charge on any atom is -0.497 e. The van der Waals surface area contributed by atoms with Gasteiger partial charge in [-0.2, -0.15) is 0 Å². The molecule has 0 spiro atoms. The van der Waals surface area contributed by atoms with Gasteiger partial charge in [0, 0.05) is 50.4 Å². The number of aliphatic hydroxyl groups is 1. The van der Waals surface area contributed by atoms with Gasteiger partial charge in [0.05, 0.1) is 13.2 Å². The number of hydrogen-bond acceptors (Lipinski definition) is 4. The monoisotopic (exact) mass is 474 g/mol. The second-order valence-electron chi connectivity index (χ2n) is 6.99. The fourth-order valence-corrected chi connectivity index (χ4v) is 3.79. The van der Waals surface area contributed by atoms with Crippen molar-refractivity contribution in [3.63, 3.8) is 0 Å².